The SMILES string of the molecule is c1ccc(-c2cc(-n3c4ccccc4c4c(-c5ccc6c(c5)c5ncccc5n6-c5ccccc5)cccc43)nc(-c3ccccc3)n2)cc1.c1ccc(-c2nc(-c3ccccc3)nc(-n3c4ccccc4c4c(-c5ccc6c(c5)c5ncccc5n6-c5ccccc5)cccc43)n2)cc1. The zero-order valence-corrected chi connectivity index (χ0v) is 53.8. The Hall–Kier alpha value is -13.8. The first-order valence-corrected chi connectivity index (χ1v) is 33.5. The number of benzene rings is 12. The van der Waals surface area contributed by atoms with E-state index in [1.165, 1.54) is 10.8 Å². The first-order chi connectivity index (χ1) is 49.6. The van der Waals surface area contributed by atoms with Gasteiger partial charge in [-0.2, -0.15) is 9.97 Å². The highest BCUT2D eigenvalue weighted by atomic mass is 15.2. The molecule has 0 saturated heterocycles. The lowest BCUT2D eigenvalue weighted by atomic mass is 9.98. The first-order valence-electron chi connectivity index (χ1n) is 33.5. The van der Waals surface area contributed by atoms with Crippen LogP contribution in [0.15, 0.2) is 346 Å². The molecule has 8 aromatic heterocycles. The fourth-order valence-corrected chi connectivity index (χ4v) is 14.6. The van der Waals surface area contributed by atoms with E-state index < -0.39 is 0 Å². The molecule has 0 radical (unpaired) electrons. The normalized spacial score (nSPS) is 11.6. The lowest BCUT2D eigenvalue weighted by Crippen LogP contribution is -2.06. The molecule has 8 heterocycles. The molecule has 20 aromatic rings. The molecule has 0 N–H and O–H groups in total. The molecule has 100 heavy (non-hydrogen) atoms. The van der Waals surface area contributed by atoms with Crippen molar-refractivity contribution in [3.63, 3.8) is 0 Å². The molecule has 0 atom stereocenters. The second-order valence-electron chi connectivity index (χ2n) is 24.8. The fraction of sp³-hybridized carbons (Fsp3) is 0. The number of nitrogens with zero attached hydrogens (tertiary/aromatic N) is 11. The first kappa shape index (κ1) is 57.7. The van der Waals surface area contributed by atoms with E-state index in [2.05, 4.69) is 249 Å². The van der Waals surface area contributed by atoms with Gasteiger partial charge < -0.3 is 9.13 Å². The molecule has 20 rings (SSSR count). The van der Waals surface area contributed by atoms with Crippen molar-refractivity contribution in [2.75, 3.05) is 0 Å². The largest absolute Gasteiger partial charge is 0.308 e. The van der Waals surface area contributed by atoms with Gasteiger partial charge in [-0.3, -0.25) is 19.1 Å². The molecule has 0 aliphatic heterocycles. The van der Waals surface area contributed by atoms with E-state index in [1.807, 2.05) is 116 Å². The predicted molar refractivity (Wildman–Crippen MR) is 407 cm³/mol. The Bertz CT molecular complexity index is 5990. The lowest BCUT2D eigenvalue weighted by Gasteiger charge is -2.12. The van der Waals surface area contributed by atoms with Crippen molar-refractivity contribution in [2.45, 2.75) is 0 Å². The van der Waals surface area contributed by atoms with Crippen LogP contribution in [0.3, 0.4) is 0 Å². The average Bonchev–Trinajstić information content (AvgIpc) is 1.57. The molecule has 0 bridgehead atoms. The van der Waals surface area contributed by atoms with E-state index in [-0.39, 0.29) is 0 Å². The predicted octanol–water partition coefficient (Wildman–Crippen LogP) is 21.5. The molecule has 0 fully saturated rings. The van der Waals surface area contributed by atoms with Crippen LogP contribution in [0, 0.1) is 0 Å². The summed E-state index contributed by atoms with van der Waals surface area (Å²) in [5.41, 5.74) is 22.2. The van der Waals surface area contributed by atoms with Crippen LogP contribution < -0.4 is 0 Å². The number of pyridine rings is 2. The second kappa shape index (κ2) is 24.2. The van der Waals surface area contributed by atoms with Gasteiger partial charge in [0, 0.05) is 84.4 Å². The highest BCUT2D eigenvalue weighted by Gasteiger charge is 2.24. The molecule has 0 amide bonds. The third-order valence-electron chi connectivity index (χ3n) is 19.0. The zero-order chi connectivity index (χ0) is 66.0. The van der Waals surface area contributed by atoms with Crippen molar-refractivity contribution >= 4 is 87.5 Å². The topological polar surface area (TPSA) is 110 Å². The maximum absolute atomic E-state index is 5.22. The van der Waals surface area contributed by atoms with Gasteiger partial charge in [-0.05, 0) is 119 Å². The highest BCUT2D eigenvalue weighted by molar-refractivity contribution is 6.19. The Morgan fingerprint density at radius 1 is 0.220 bits per heavy atom. The number of hydrogen-bond acceptors (Lipinski definition) is 7. The van der Waals surface area contributed by atoms with E-state index in [0.717, 1.165) is 144 Å². The van der Waals surface area contributed by atoms with Crippen LogP contribution in [0.1, 0.15) is 0 Å². The van der Waals surface area contributed by atoms with Gasteiger partial charge in [0.1, 0.15) is 5.82 Å². The standard InChI is InChI=1S/C45H29N5.C44H28N6/c1-4-14-30(15-5-1)37-29-42(48-45(47-37)31-16-6-2-7-17-31)50-38-22-11-10-20-35(38)43-34(21-12-23-40(43)50)32-25-26-39-36(28-32)44-41(24-13-27-46-44)49(39)33-18-8-3-9-19-33;1-4-14-29(15-5-1)42-46-43(30-16-6-2-7-17-30)48-44(47-42)50-36-22-11-10-20-34(36)40-33(21-12-23-38(40)50)31-25-26-37-35(28-31)41-39(24-13-27-45-41)49(37)32-18-8-3-9-19-32/h1-29H;1-28H. The Balaban J connectivity index is 0.000000139. The Morgan fingerprint density at radius 2 is 0.600 bits per heavy atom. The van der Waals surface area contributed by atoms with E-state index >= 15 is 0 Å². The average molecular weight is 1280 g/mol. The van der Waals surface area contributed by atoms with E-state index in [0.29, 0.717) is 23.4 Å². The summed E-state index contributed by atoms with van der Waals surface area (Å²) in [6, 6.07) is 116. The minimum absolute atomic E-state index is 0.576. The minimum atomic E-state index is 0.576. The molecule has 0 aliphatic carbocycles. The number of aromatic nitrogens is 11. The second-order valence-corrected chi connectivity index (χ2v) is 24.8. The molecule has 0 aliphatic rings. The van der Waals surface area contributed by atoms with Crippen molar-refractivity contribution in [1.82, 2.24) is 53.2 Å². The highest BCUT2D eigenvalue weighted by Crippen LogP contribution is 2.44. The van der Waals surface area contributed by atoms with Crippen LogP contribution in [-0.4, -0.2) is 53.2 Å². The summed E-state index contributed by atoms with van der Waals surface area (Å²) in [5.74, 6) is 3.35. The van der Waals surface area contributed by atoms with E-state index in [4.69, 9.17) is 34.9 Å². The van der Waals surface area contributed by atoms with Crippen molar-refractivity contribution in [3.8, 4) is 90.8 Å². The van der Waals surface area contributed by atoms with Gasteiger partial charge in [-0.25, -0.2) is 15.0 Å². The van der Waals surface area contributed by atoms with Gasteiger partial charge in [0.15, 0.2) is 17.5 Å². The quantitative estimate of drug-likeness (QED) is 0.134. The van der Waals surface area contributed by atoms with Crippen LogP contribution in [0.5, 0.6) is 0 Å². The molecule has 12 aromatic carbocycles. The molecule has 0 spiro atoms. The van der Waals surface area contributed by atoms with E-state index in [1.54, 1.807) is 0 Å². The molecule has 468 valence electrons. The third-order valence-corrected chi connectivity index (χ3v) is 19.0. The summed E-state index contributed by atoms with van der Waals surface area (Å²) < 4.78 is 9.06. The molecule has 0 unspecified atom stereocenters. The van der Waals surface area contributed by atoms with E-state index in [9.17, 15) is 0 Å². The van der Waals surface area contributed by atoms with Gasteiger partial charge in [0.25, 0.3) is 0 Å². The molecule has 11 heteroatoms. The summed E-state index contributed by atoms with van der Waals surface area (Å²) in [7, 11) is 0. The Morgan fingerprint density at radius 3 is 1.08 bits per heavy atom. The summed E-state index contributed by atoms with van der Waals surface area (Å²) in [5, 5.41) is 6.86. The van der Waals surface area contributed by atoms with Crippen LogP contribution in [0.25, 0.3) is 178 Å². The lowest BCUT2D eigenvalue weighted by molar-refractivity contribution is 0.953. The van der Waals surface area contributed by atoms with Crippen molar-refractivity contribution in [2.24, 2.45) is 0 Å². The Labute approximate surface area is 574 Å². The molecular weight excluding hydrogens is 1220 g/mol. The van der Waals surface area contributed by atoms with Gasteiger partial charge in [0.05, 0.1) is 60.9 Å². The maximum atomic E-state index is 5.22. The van der Waals surface area contributed by atoms with Gasteiger partial charge >= 0.3 is 0 Å². The van der Waals surface area contributed by atoms with Crippen LogP contribution >= 0.6 is 0 Å². The van der Waals surface area contributed by atoms with Crippen molar-refractivity contribution in [1.29, 1.82) is 0 Å². The smallest absolute Gasteiger partial charge is 0.238 e. The Kier molecular flexibility index (Phi) is 13.9. The summed E-state index contributed by atoms with van der Waals surface area (Å²) >= 11 is 0. The summed E-state index contributed by atoms with van der Waals surface area (Å²) in [6.45, 7) is 0. The van der Waals surface area contributed by atoms with Gasteiger partial charge in [-0.15, -0.1) is 0 Å². The van der Waals surface area contributed by atoms with Gasteiger partial charge in [0.2, 0.25) is 5.95 Å². The van der Waals surface area contributed by atoms with Crippen molar-refractivity contribution < 1.29 is 0 Å². The summed E-state index contributed by atoms with van der Waals surface area (Å²) in [4.78, 5) is 35.2. The molecular formula is C89H57N11. The zero-order valence-electron chi connectivity index (χ0n) is 53.8. The number of fused-ring (bicyclic) bond motifs is 12. The summed E-state index contributed by atoms with van der Waals surface area (Å²) in [6.07, 6.45) is 3.76. The minimum Gasteiger partial charge on any atom is -0.308 e. The number of rotatable bonds is 10. The van der Waals surface area contributed by atoms with Gasteiger partial charge in [-0.1, -0.05) is 231 Å². The van der Waals surface area contributed by atoms with Crippen LogP contribution in [0.4, 0.5) is 0 Å². The number of para-hydroxylation sites is 4. The molecule has 11 nitrogen and oxygen atoms in total. The molecule has 0 saturated carbocycles. The van der Waals surface area contributed by atoms with Crippen LogP contribution in [-0.2, 0) is 0 Å². The maximum Gasteiger partial charge on any atom is 0.238 e. The van der Waals surface area contributed by atoms with Crippen molar-refractivity contribution in [3.05, 3.63) is 346 Å². The third kappa shape index (κ3) is 9.78. The number of hydrogen-bond donors (Lipinski definition) is 0. The monoisotopic (exact) mass is 1280 g/mol. The fourth-order valence-electron chi connectivity index (χ4n) is 14.6. The van der Waals surface area contributed by atoms with Crippen LogP contribution in [0.2, 0.25) is 0 Å².